The van der Waals surface area contributed by atoms with Gasteiger partial charge in [0.2, 0.25) is 0 Å². The highest BCUT2D eigenvalue weighted by atomic mass is 32.1. The summed E-state index contributed by atoms with van der Waals surface area (Å²) in [4.78, 5) is 14.4. The van der Waals surface area contributed by atoms with Gasteiger partial charge < -0.3 is 5.32 Å². The largest absolute Gasteiger partial charge is 0.354 e. The lowest BCUT2D eigenvalue weighted by Gasteiger charge is -2.19. The van der Waals surface area contributed by atoms with Crippen molar-refractivity contribution in [1.82, 2.24) is 0 Å². The standard InChI is InChI=1S/C15H11NOS/c17-11-6-3-7-12-14(11)15-13(18-12)8-9-4-1-2-5-10(9)16-15/h1-5,7,16H,6,8H2. The van der Waals surface area contributed by atoms with Crippen LogP contribution in [0.2, 0.25) is 0 Å². The van der Waals surface area contributed by atoms with Gasteiger partial charge in [-0.1, -0.05) is 24.3 Å². The summed E-state index contributed by atoms with van der Waals surface area (Å²) in [6.07, 6.45) is 5.49. The highest BCUT2D eigenvalue weighted by molar-refractivity contribution is 7.14. The fourth-order valence-electron chi connectivity index (χ4n) is 2.63. The Labute approximate surface area is 109 Å². The molecule has 18 heavy (non-hydrogen) atoms. The molecule has 0 unspecified atom stereocenters. The molecule has 1 aliphatic carbocycles. The van der Waals surface area contributed by atoms with E-state index in [2.05, 4.69) is 29.6 Å². The smallest absolute Gasteiger partial charge is 0.170 e. The summed E-state index contributed by atoms with van der Waals surface area (Å²) in [6, 6.07) is 8.30. The van der Waals surface area contributed by atoms with Gasteiger partial charge in [0.1, 0.15) is 0 Å². The van der Waals surface area contributed by atoms with Crippen molar-refractivity contribution >= 4 is 34.6 Å². The predicted molar refractivity (Wildman–Crippen MR) is 74.8 cm³/mol. The van der Waals surface area contributed by atoms with Crippen molar-refractivity contribution in [3.8, 4) is 0 Å². The normalized spacial score (nSPS) is 15.7. The number of para-hydroxylation sites is 1. The number of ketones is 1. The van der Waals surface area contributed by atoms with Crippen LogP contribution in [-0.4, -0.2) is 5.78 Å². The Bertz CT molecular complexity index is 697. The summed E-state index contributed by atoms with van der Waals surface area (Å²) in [5.41, 5.74) is 4.38. The number of fused-ring (bicyclic) bond motifs is 4. The number of carbonyl (C=O) groups excluding carboxylic acids is 1. The minimum absolute atomic E-state index is 0.233. The summed E-state index contributed by atoms with van der Waals surface area (Å²) in [5.74, 6) is 0.233. The summed E-state index contributed by atoms with van der Waals surface area (Å²) in [5, 5.41) is 3.43. The van der Waals surface area contributed by atoms with E-state index in [9.17, 15) is 4.79 Å². The van der Waals surface area contributed by atoms with Crippen LogP contribution in [0.1, 0.15) is 32.1 Å². The van der Waals surface area contributed by atoms with E-state index in [-0.39, 0.29) is 5.78 Å². The molecule has 1 aromatic carbocycles. The number of benzene rings is 1. The molecule has 0 radical (unpaired) electrons. The van der Waals surface area contributed by atoms with Crippen LogP contribution in [0.3, 0.4) is 0 Å². The van der Waals surface area contributed by atoms with Gasteiger partial charge in [0.25, 0.3) is 0 Å². The molecule has 2 heterocycles. The molecule has 1 aliphatic heterocycles. The molecular weight excluding hydrogens is 242 g/mol. The van der Waals surface area contributed by atoms with Gasteiger partial charge in [-0.15, -0.1) is 11.3 Å². The highest BCUT2D eigenvalue weighted by Gasteiger charge is 2.27. The van der Waals surface area contributed by atoms with Crippen molar-refractivity contribution in [3.05, 3.63) is 51.2 Å². The fraction of sp³-hybridized carbons (Fsp3) is 0.133. The zero-order valence-corrected chi connectivity index (χ0v) is 10.5. The summed E-state index contributed by atoms with van der Waals surface area (Å²) in [6.45, 7) is 0. The molecule has 0 amide bonds. The Kier molecular flexibility index (Phi) is 2.00. The van der Waals surface area contributed by atoms with Crippen molar-refractivity contribution in [3.63, 3.8) is 0 Å². The molecule has 0 saturated carbocycles. The number of thiophene rings is 1. The number of nitrogens with one attached hydrogen (secondary N) is 1. The minimum atomic E-state index is 0.233. The number of rotatable bonds is 0. The first kappa shape index (κ1) is 10.1. The van der Waals surface area contributed by atoms with Crippen LogP contribution >= 0.6 is 11.3 Å². The number of carbonyl (C=O) groups is 1. The van der Waals surface area contributed by atoms with Gasteiger partial charge >= 0.3 is 0 Å². The Morgan fingerprint density at radius 3 is 3.06 bits per heavy atom. The number of anilines is 2. The van der Waals surface area contributed by atoms with Gasteiger partial charge in [-0.3, -0.25) is 4.79 Å². The van der Waals surface area contributed by atoms with E-state index in [1.54, 1.807) is 11.3 Å². The van der Waals surface area contributed by atoms with Crippen LogP contribution in [0.4, 0.5) is 11.4 Å². The van der Waals surface area contributed by atoms with Crippen molar-refractivity contribution in [2.24, 2.45) is 0 Å². The molecule has 0 saturated heterocycles. The average molecular weight is 253 g/mol. The number of Topliss-reactive ketones (excluding diaryl/α,β-unsaturated/α-hetero) is 1. The van der Waals surface area contributed by atoms with Gasteiger partial charge in [0, 0.05) is 28.3 Å². The van der Waals surface area contributed by atoms with E-state index in [4.69, 9.17) is 0 Å². The van der Waals surface area contributed by atoms with Gasteiger partial charge in [0.15, 0.2) is 5.78 Å². The predicted octanol–water partition coefficient (Wildman–Crippen LogP) is 4.00. The monoisotopic (exact) mass is 253 g/mol. The number of hydrogen-bond acceptors (Lipinski definition) is 3. The molecule has 1 aromatic heterocycles. The Balaban J connectivity index is 1.91. The van der Waals surface area contributed by atoms with Crippen LogP contribution in [0.15, 0.2) is 30.3 Å². The molecule has 1 N–H and O–H groups in total. The molecule has 2 aliphatic rings. The fourth-order valence-corrected chi connectivity index (χ4v) is 3.86. The van der Waals surface area contributed by atoms with Crippen LogP contribution < -0.4 is 5.32 Å². The molecule has 3 heteroatoms. The molecular formula is C15H11NOS. The van der Waals surface area contributed by atoms with Crippen molar-refractivity contribution in [2.45, 2.75) is 12.8 Å². The third-order valence-electron chi connectivity index (χ3n) is 3.49. The van der Waals surface area contributed by atoms with Crippen molar-refractivity contribution in [2.75, 3.05) is 5.32 Å². The topological polar surface area (TPSA) is 29.1 Å². The minimum Gasteiger partial charge on any atom is -0.354 e. The van der Waals surface area contributed by atoms with Crippen LogP contribution in [0, 0.1) is 0 Å². The zero-order chi connectivity index (χ0) is 12.1. The highest BCUT2D eigenvalue weighted by Crippen LogP contribution is 2.43. The van der Waals surface area contributed by atoms with Crippen molar-refractivity contribution in [1.29, 1.82) is 0 Å². The first-order chi connectivity index (χ1) is 8.83. The maximum atomic E-state index is 12.0. The first-order valence-corrected chi connectivity index (χ1v) is 6.85. The third kappa shape index (κ3) is 1.31. The molecule has 0 fully saturated rings. The van der Waals surface area contributed by atoms with E-state index >= 15 is 0 Å². The van der Waals surface area contributed by atoms with Gasteiger partial charge in [0.05, 0.1) is 11.3 Å². The molecule has 4 rings (SSSR count). The second-order valence-electron chi connectivity index (χ2n) is 4.63. The SMILES string of the molecule is O=C1CC=Cc2sc3c(c21)Nc1ccccc1C3. The maximum Gasteiger partial charge on any atom is 0.170 e. The van der Waals surface area contributed by atoms with Gasteiger partial charge in [-0.05, 0) is 17.7 Å². The van der Waals surface area contributed by atoms with E-state index < -0.39 is 0 Å². The first-order valence-electron chi connectivity index (χ1n) is 6.03. The van der Waals surface area contributed by atoms with Crippen LogP contribution in [0.25, 0.3) is 6.08 Å². The Hall–Kier alpha value is -1.87. The average Bonchev–Trinajstić information content (AvgIpc) is 2.74. The number of hydrogen-bond donors (Lipinski definition) is 1. The second-order valence-corrected chi connectivity index (χ2v) is 5.76. The lowest BCUT2D eigenvalue weighted by molar-refractivity contribution is 0.0996. The van der Waals surface area contributed by atoms with E-state index in [1.165, 1.54) is 10.4 Å². The molecule has 88 valence electrons. The zero-order valence-electron chi connectivity index (χ0n) is 9.69. The Morgan fingerprint density at radius 1 is 1.22 bits per heavy atom. The van der Waals surface area contributed by atoms with Crippen LogP contribution in [-0.2, 0) is 6.42 Å². The van der Waals surface area contributed by atoms with E-state index in [0.717, 1.165) is 28.2 Å². The lowest BCUT2D eigenvalue weighted by atomic mass is 9.97. The molecule has 2 aromatic rings. The quantitative estimate of drug-likeness (QED) is 0.656. The molecule has 0 bridgehead atoms. The van der Waals surface area contributed by atoms with Gasteiger partial charge in [-0.25, -0.2) is 0 Å². The number of allylic oxidation sites excluding steroid dienone is 1. The van der Waals surface area contributed by atoms with Crippen molar-refractivity contribution < 1.29 is 4.79 Å². The summed E-state index contributed by atoms with van der Waals surface area (Å²) >= 11 is 1.73. The van der Waals surface area contributed by atoms with E-state index in [0.29, 0.717) is 6.42 Å². The summed E-state index contributed by atoms with van der Waals surface area (Å²) < 4.78 is 0. The lowest BCUT2D eigenvalue weighted by Crippen LogP contribution is -2.09. The maximum absolute atomic E-state index is 12.0. The molecule has 2 nitrogen and oxygen atoms in total. The molecule has 0 spiro atoms. The van der Waals surface area contributed by atoms with Crippen LogP contribution in [0.5, 0.6) is 0 Å². The summed E-state index contributed by atoms with van der Waals surface area (Å²) in [7, 11) is 0. The van der Waals surface area contributed by atoms with E-state index in [1.807, 2.05) is 12.1 Å². The Morgan fingerprint density at radius 2 is 2.11 bits per heavy atom. The van der Waals surface area contributed by atoms with Gasteiger partial charge in [-0.2, -0.15) is 0 Å². The third-order valence-corrected chi connectivity index (χ3v) is 4.64. The molecule has 0 atom stereocenters. The second kappa shape index (κ2) is 3.56.